The minimum Gasteiger partial charge on any atom is -0.451 e. The lowest BCUT2D eigenvalue weighted by Crippen LogP contribution is -2.61. The smallest absolute Gasteiger partial charge is 0.329 e. The third-order valence-electron chi connectivity index (χ3n) is 4.58. The number of rotatable bonds is 7. The van der Waals surface area contributed by atoms with Crippen LogP contribution in [0, 0.1) is 0 Å². The van der Waals surface area contributed by atoms with Gasteiger partial charge in [-0.1, -0.05) is 12.1 Å². The highest BCUT2D eigenvalue weighted by Gasteiger charge is 2.45. The monoisotopic (exact) mass is 422 g/mol. The van der Waals surface area contributed by atoms with Gasteiger partial charge in [0.15, 0.2) is 6.10 Å². The fourth-order valence-electron chi connectivity index (χ4n) is 2.99. The van der Waals surface area contributed by atoms with Crippen LogP contribution < -0.4 is 21.3 Å². The zero-order valence-corrected chi connectivity index (χ0v) is 17.7. The molecule has 0 unspecified atom stereocenters. The Hall–Kier alpha value is -2.75. The van der Waals surface area contributed by atoms with Gasteiger partial charge in [-0.15, -0.1) is 0 Å². The Morgan fingerprint density at radius 2 is 1.97 bits per heavy atom. The Labute approximate surface area is 173 Å². The number of nitrogens with one attached hydrogen (secondary N) is 2. The van der Waals surface area contributed by atoms with Gasteiger partial charge in [0.05, 0.1) is 11.4 Å². The molecular formula is C19H26N4O5S. The fourth-order valence-corrected chi connectivity index (χ4v) is 3.46. The highest BCUT2D eigenvalue weighted by atomic mass is 32.2. The second-order valence-corrected chi connectivity index (χ2v) is 8.11. The Balaban J connectivity index is 2.22. The maximum Gasteiger partial charge on any atom is 0.329 e. The molecule has 1 aliphatic rings. The molecule has 9 nitrogen and oxygen atoms in total. The number of amides is 4. The summed E-state index contributed by atoms with van der Waals surface area (Å²) in [5, 5.41) is 5.11. The van der Waals surface area contributed by atoms with Gasteiger partial charge in [0.1, 0.15) is 11.6 Å². The van der Waals surface area contributed by atoms with Crippen LogP contribution in [0.25, 0.3) is 0 Å². The number of benzene rings is 1. The lowest BCUT2D eigenvalue weighted by Gasteiger charge is -2.42. The molecule has 1 heterocycles. The maximum atomic E-state index is 13.2. The lowest BCUT2D eigenvalue weighted by molar-refractivity contribution is -0.156. The van der Waals surface area contributed by atoms with Crippen LogP contribution in [0.15, 0.2) is 24.3 Å². The van der Waals surface area contributed by atoms with Crippen molar-refractivity contribution in [2.24, 2.45) is 5.73 Å². The molecule has 4 amide bonds. The van der Waals surface area contributed by atoms with Crippen molar-refractivity contribution < 1.29 is 23.9 Å². The topological polar surface area (TPSA) is 131 Å². The number of para-hydroxylation sites is 2. The van der Waals surface area contributed by atoms with E-state index in [-0.39, 0.29) is 5.91 Å². The van der Waals surface area contributed by atoms with E-state index < -0.39 is 35.6 Å². The number of anilines is 2. The molecule has 158 valence electrons. The average molecular weight is 423 g/mol. The zero-order chi connectivity index (χ0) is 21.8. The third-order valence-corrected chi connectivity index (χ3v) is 5.22. The summed E-state index contributed by atoms with van der Waals surface area (Å²) in [6.07, 6.45) is 0.997. The van der Waals surface area contributed by atoms with E-state index >= 15 is 0 Å². The predicted octanol–water partition coefficient (Wildman–Crippen LogP) is 1.47. The number of thioether (sulfide) groups is 1. The number of carbonyl (C=O) groups excluding carboxylic acids is 4. The molecule has 2 rings (SSSR count). The molecule has 1 aromatic carbocycles. The largest absolute Gasteiger partial charge is 0.451 e. The van der Waals surface area contributed by atoms with Crippen LogP contribution in [0.2, 0.25) is 0 Å². The first kappa shape index (κ1) is 22.5. The van der Waals surface area contributed by atoms with Crippen molar-refractivity contribution >= 4 is 47.0 Å². The summed E-state index contributed by atoms with van der Waals surface area (Å²) in [6, 6.07) is 5.08. The van der Waals surface area contributed by atoms with Gasteiger partial charge in [-0.2, -0.15) is 11.8 Å². The normalized spacial score (nSPS) is 16.8. The summed E-state index contributed by atoms with van der Waals surface area (Å²) >= 11 is 1.50. The average Bonchev–Trinajstić information content (AvgIpc) is 2.65. The Morgan fingerprint density at radius 3 is 2.59 bits per heavy atom. The van der Waals surface area contributed by atoms with E-state index in [1.165, 1.54) is 23.6 Å². The van der Waals surface area contributed by atoms with Crippen LogP contribution in [0.3, 0.4) is 0 Å². The summed E-state index contributed by atoms with van der Waals surface area (Å²) in [5.74, 6) is -1.06. The van der Waals surface area contributed by atoms with E-state index in [0.29, 0.717) is 23.5 Å². The number of esters is 1. The molecule has 1 aromatic rings. The van der Waals surface area contributed by atoms with E-state index in [1.54, 1.807) is 38.1 Å². The van der Waals surface area contributed by atoms with Crippen molar-refractivity contribution in [3.05, 3.63) is 24.3 Å². The molecular weight excluding hydrogens is 396 g/mol. The van der Waals surface area contributed by atoms with Crippen LogP contribution in [-0.4, -0.2) is 53.5 Å². The third kappa shape index (κ3) is 5.00. The minimum atomic E-state index is -1.18. The number of nitrogens with two attached hydrogens (primary N) is 1. The van der Waals surface area contributed by atoms with Crippen molar-refractivity contribution in [3.63, 3.8) is 0 Å². The van der Waals surface area contributed by atoms with Crippen LogP contribution >= 0.6 is 11.8 Å². The summed E-state index contributed by atoms with van der Waals surface area (Å²) in [7, 11) is 0. The van der Waals surface area contributed by atoms with Gasteiger partial charge in [-0.3, -0.25) is 14.5 Å². The van der Waals surface area contributed by atoms with Crippen molar-refractivity contribution in [1.29, 1.82) is 0 Å². The molecule has 0 fully saturated rings. The first-order valence-electron chi connectivity index (χ1n) is 9.09. The van der Waals surface area contributed by atoms with Gasteiger partial charge < -0.3 is 21.1 Å². The van der Waals surface area contributed by atoms with E-state index in [1.807, 2.05) is 6.26 Å². The van der Waals surface area contributed by atoms with Gasteiger partial charge in [-0.05, 0) is 51.3 Å². The van der Waals surface area contributed by atoms with Gasteiger partial charge in [0.2, 0.25) is 5.91 Å². The lowest BCUT2D eigenvalue weighted by atomic mass is 9.95. The second kappa shape index (κ2) is 9.17. The van der Waals surface area contributed by atoms with Gasteiger partial charge in [0.25, 0.3) is 5.91 Å². The van der Waals surface area contributed by atoms with Crippen LogP contribution in [0.5, 0.6) is 0 Å². The summed E-state index contributed by atoms with van der Waals surface area (Å²) in [5.41, 5.74) is 4.96. The van der Waals surface area contributed by atoms with E-state index in [2.05, 4.69) is 10.6 Å². The van der Waals surface area contributed by atoms with Crippen molar-refractivity contribution in [2.45, 2.75) is 44.9 Å². The van der Waals surface area contributed by atoms with Crippen molar-refractivity contribution in [2.75, 3.05) is 22.2 Å². The number of fused-ring (bicyclic) bond motifs is 1. The number of primary amides is 1. The van der Waals surface area contributed by atoms with Crippen LogP contribution in [0.4, 0.5) is 16.2 Å². The molecule has 0 saturated heterocycles. The van der Waals surface area contributed by atoms with Crippen molar-refractivity contribution in [3.8, 4) is 0 Å². The molecule has 1 aliphatic heterocycles. The highest BCUT2D eigenvalue weighted by molar-refractivity contribution is 7.98. The van der Waals surface area contributed by atoms with Gasteiger partial charge in [0, 0.05) is 0 Å². The molecule has 0 radical (unpaired) electrons. The molecule has 0 bridgehead atoms. The second-order valence-electron chi connectivity index (χ2n) is 7.13. The molecule has 0 spiro atoms. The van der Waals surface area contributed by atoms with E-state index in [0.717, 1.165) is 0 Å². The van der Waals surface area contributed by atoms with E-state index in [4.69, 9.17) is 10.5 Å². The number of hydrogen-bond donors (Lipinski definition) is 3. The Morgan fingerprint density at radius 1 is 1.31 bits per heavy atom. The highest BCUT2D eigenvalue weighted by Crippen LogP contribution is 2.37. The SMILES string of the molecule is CSCC[C@@H](NC(N)=O)C(=O)O[C@H](C)C(=O)N1c2ccccc2NC(=O)C1(C)C. The van der Waals surface area contributed by atoms with Crippen molar-refractivity contribution in [1.82, 2.24) is 5.32 Å². The number of ether oxygens (including phenoxy) is 1. The van der Waals surface area contributed by atoms with Crippen LogP contribution in [-0.2, 0) is 19.1 Å². The first-order chi connectivity index (χ1) is 13.6. The minimum absolute atomic E-state index is 0.310. The summed E-state index contributed by atoms with van der Waals surface area (Å²) < 4.78 is 5.33. The summed E-state index contributed by atoms with van der Waals surface area (Å²) in [6.45, 7) is 4.66. The molecule has 29 heavy (non-hydrogen) atoms. The van der Waals surface area contributed by atoms with E-state index in [9.17, 15) is 19.2 Å². The molecule has 2 atom stereocenters. The molecule has 0 aliphatic carbocycles. The predicted molar refractivity (Wildman–Crippen MR) is 112 cm³/mol. The molecule has 0 aromatic heterocycles. The van der Waals surface area contributed by atoms with Crippen LogP contribution in [0.1, 0.15) is 27.2 Å². The Kier molecular flexibility index (Phi) is 7.12. The standard InChI is InChI=1S/C19H26N4O5S/c1-11(28-16(25)13(9-10-29-4)22-18(20)27)15(24)23-14-8-6-5-7-12(14)21-17(26)19(23,2)3/h5-8,11,13H,9-10H2,1-4H3,(H,21,26)(H3,20,22,27)/t11-,13-/m1/s1. The maximum absolute atomic E-state index is 13.2. The zero-order valence-electron chi connectivity index (χ0n) is 16.9. The van der Waals surface area contributed by atoms with Gasteiger partial charge >= 0.3 is 12.0 Å². The molecule has 0 saturated carbocycles. The fraction of sp³-hybridized carbons (Fsp3) is 0.474. The Bertz CT molecular complexity index is 814. The quantitative estimate of drug-likeness (QED) is 0.571. The number of urea groups is 1. The first-order valence-corrected chi connectivity index (χ1v) is 10.5. The van der Waals surface area contributed by atoms with Gasteiger partial charge in [-0.25, -0.2) is 9.59 Å². The number of carbonyl (C=O) groups is 4. The number of hydrogen-bond acceptors (Lipinski definition) is 6. The number of nitrogens with zero attached hydrogens (tertiary/aromatic N) is 1. The molecule has 4 N–H and O–H groups in total. The molecule has 10 heteroatoms. The summed E-state index contributed by atoms with van der Waals surface area (Å²) in [4.78, 5) is 50.7.